The first-order chi connectivity index (χ1) is 14.1. The second-order valence-corrected chi connectivity index (χ2v) is 8.76. The lowest BCUT2D eigenvalue weighted by atomic mass is 9.99. The quantitative estimate of drug-likeness (QED) is 0.811. The molecule has 1 unspecified atom stereocenters. The van der Waals surface area contributed by atoms with Crippen LogP contribution < -0.4 is 15.1 Å². The van der Waals surface area contributed by atoms with Crippen molar-refractivity contribution >= 4 is 23.0 Å². The smallest absolute Gasteiger partial charge is 0.274 e. The molecule has 5 nitrogen and oxygen atoms in total. The molecule has 2 aromatic rings. The Morgan fingerprint density at radius 1 is 0.931 bits per heavy atom. The minimum absolute atomic E-state index is 0.156. The molecule has 0 radical (unpaired) electrons. The molecule has 1 amide bonds. The summed E-state index contributed by atoms with van der Waals surface area (Å²) in [5.74, 6) is 1.36. The lowest BCUT2D eigenvalue weighted by Crippen LogP contribution is -2.34. The third-order valence-corrected chi connectivity index (χ3v) is 6.27. The summed E-state index contributed by atoms with van der Waals surface area (Å²) in [6.07, 6.45) is 6.71. The van der Waals surface area contributed by atoms with Crippen molar-refractivity contribution in [3.63, 3.8) is 0 Å². The molecule has 1 N–H and O–H groups in total. The van der Waals surface area contributed by atoms with Gasteiger partial charge in [0.05, 0.1) is 0 Å². The Morgan fingerprint density at radius 3 is 2.41 bits per heavy atom. The van der Waals surface area contributed by atoms with Gasteiger partial charge >= 0.3 is 0 Å². The molecule has 1 aromatic heterocycles. The third kappa shape index (κ3) is 4.89. The van der Waals surface area contributed by atoms with Crippen molar-refractivity contribution in [1.29, 1.82) is 0 Å². The molecule has 0 aliphatic carbocycles. The Bertz CT molecular complexity index is 827. The standard InChI is InChI=1S/C24H32N4O/c1-18-10-14-27(15-11-18)21-7-5-20(6-8-21)26-24(29)23-16-22(9-12-25-23)28-13-3-4-19(2)17-28/h5-9,12,16,18-19H,3-4,10-11,13-15,17H2,1-2H3,(H,26,29). The predicted molar refractivity (Wildman–Crippen MR) is 120 cm³/mol. The molecule has 0 saturated carbocycles. The molecule has 1 aromatic carbocycles. The number of rotatable bonds is 4. The zero-order chi connectivity index (χ0) is 20.2. The van der Waals surface area contributed by atoms with Gasteiger partial charge in [-0.05, 0) is 73.9 Å². The van der Waals surface area contributed by atoms with Gasteiger partial charge in [-0.15, -0.1) is 0 Å². The van der Waals surface area contributed by atoms with Gasteiger partial charge in [-0.2, -0.15) is 0 Å². The maximum atomic E-state index is 12.7. The Morgan fingerprint density at radius 2 is 1.69 bits per heavy atom. The van der Waals surface area contributed by atoms with Crippen LogP contribution in [0.5, 0.6) is 0 Å². The largest absolute Gasteiger partial charge is 0.372 e. The molecular weight excluding hydrogens is 360 g/mol. The zero-order valence-corrected chi connectivity index (χ0v) is 17.6. The van der Waals surface area contributed by atoms with Gasteiger partial charge in [0.25, 0.3) is 5.91 Å². The Balaban J connectivity index is 1.39. The van der Waals surface area contributed by atoms with Crippen LogP contribution in [-0.4, -0.2) is 37.1 Å². The maximum absolute atomic E-state index is 12.7. The highest BCUT2D eigenvalue weighted by atomic mass is 16.1. The number of nitrogens with zero attached hydrogens (tertiary/aromatic N) is 3. The number of pyridine rings is 1. The van der Waals surface area contributed by atoms with E-state index in [4.69, 9.17) is 0 Å². The Hall–Kier alpha value is -2.56. The molecule has 3 heterocycles. The highest BCUT2D eigenvalue weighted by Crippen LogP contribution is 2.25. The molecule has 4 rings (SSSR count). The van der Waals surface area contributed by atoms with E-state index in [9.17, 15) is 4.79 Å². The lowest BCUT2D eigenvalue weighted by molar-refractivity contribution is 0.102. The molecule has 0 spiro atoms. The number of carbonyl (C=O) groups excluding carboxylic acids is 1. The van der Waals surface area contributed by atoms with E-state index < -0.39 is 0 Å². The molecule has 2 aliphatic heterocycles. The summed E-state index contributed by atoms with van der Waals surface area (Å²) < 4.78 is 0. The van der Waals surface area contributed by atoms with E-state index in [-0.39, 0.29) is 5.91 Å². The number of amides is 1. The monoisotopic (exact) mass is 392 g/mol. The first-order valence-electron chi connectivity index (χ1n) is 11.0. The Kier molecular flexibility index (Phi) is 6.02. The highest BCUT2D eigenvalue weighted by Gasteiger charge is 2.19. The average Bonchev–Trinajstić information content (AvgIpc) is 2.75. The van der Waals surface area contributed by atoms with Gasteiger partial charge in [-0.25, -0.2) is 0 Å². The van der Waals surface area contributed by atoms with Crippen LogP contribution in [0.2, 0.25) is 0 Å². The summed E-state index contributed by atoms with van der Waals surface area (Å²) in [6.45, 7) is 8.92. The molecule has 2 saturated heterocycles. The minimum Gasteiger partial charge on any atom is -0.372 e. The van der Waals surface area contributed by atoms with Gasteiger partial charge in [0.1, 0.15) is 5.69 Å². The average molecular weight is 393 g/mol. The number of anilines is 3. The normalized spacial score (nSPS) is 20.6. The fourth-order valence-corrected chi connectivity index (χ4v) is 4.38. The van der Waals surface area contributed by atoms with E-state index in [0.29, 0.717) is 11.6 Å². The van der Waals surface area contributed by atoms with Gasteiger partial charge in [-0.3, -0.25) is 9.78 Å². The molecule has 2 aliphatic rings. The number of piperidine rings is 2. The summed E-state index contributed by atoms with van der Waals surface area (Å²) in [7, 11) is 0. The topological polar surface area (TPSA) is 48.5 Å². The van der Waals surface area contributed by atoms with Crippen molar-refractivity contribution in [3.8, 4) is 0 Å². The van der Waals surface area contributed by atoms with Crippen molar-refractivity contribution in [2.24, 2.45) is 11.8 Å². The van der Waals surface area contributed by atoms with Crippen LogP contribution in [0, 0.1) is 11.8 Å². The van der Waals surface area contributed by atoms with Crippen LogP contribution in [0.1, 0.15) is 50.0 Å². The van der Waals surface area contributed by atoms with Gasteiger partial charge < -0.3 is 15.1 Å². The van der Waals surface area contributed by atoms with E-state index in [1.165, 1.54) is 31.4 Å². The van der Waals surface area contributed by atoms with Gasteiger partial charge in [0, 0.05) is 49.4 Å². The van der Waals surface area contributed by atoms with E-state index in [1.807, 2.05) is 24.3 Å². The van der Waals surface area contributed by atoms with Crippen molar-refractivity contribution in [1.82, 2.24) is 4.98 Å². The van der Waals surface area contributed by atoms with Crippen molar-refractivity contribution in [2.45, 2.75) is 39.5 Å². The number of nitrogens with one attached hydrogen (secondary N) is 1. The first-order valence-corrected chi connectivity index (χ1v) is 11.0. The second-order valence-electron chi connectivity index (χ2n) is 8.76. The lowest BCUT2D eigenvalue weighted by Gasteiger charge is -2.32. The minimum atomic E-state index is -0.156. The molecule has 0 bridgehead atoms. The molecular formula is C24H32N4O. The van der Waals surface area contributed by atoms with Crippen molar-refractivity contribution < 1.29 is 4.79 Å². The van der Waals surface area contributed by atoms with Crippen molar-refractivity contribution in [3.05, 3.63) is 48.3 Å². The van der Waals surface area contributed by atoms with E-state index >= 15 is 0 Å². The number of hydrogen-bond acceptors (Lipinski definition) is 4. The summed E-state index contributed by atoms with van der Waals surface area (Å²) in [4.78, 5) is 21.8. The SMILES string of the molecule is CC1CCN(c2ccc(NC(=O)c3cc(N4CCCC(C)C4)ccn3)cc2)CC1. The van der Waals surface area contributed by atoms with Crippen LogP contribution in [0.15, 0.2) is 42.6 Å². The molecule has 2 fully saturated rings. The summed E-state index contributed by atoms with van der Waals surface area (Å²) >= 11 is 0. The van der Waals surface area contributed by atoms with Crippen LogP contribution in [0.4, 0.5) is 17.1 Å². The van der Waals surface area contributed by atoms with Crippen LogP contribution in [-0.2, 0) is 0 Å². The van der Waals surface area contributed by atoms with Gasteiger partial charge in [-0.1, -0.05) is 13.8 Å². The van der Waals surface area contributed by atoms with E-state index in [1.54, 1.807) is 6.20 Å². The fraction of sp³-hybridized carbons (Fsp3) is 0.500. The zero-order valence-electron chi connectivity index (χ0n) is 17.6. The number of carbonyl (C=O) groups is 1. The van der Waals surface area contributed by atoms with Crippen LogP contribution >= 0.6 is 0 Å². The maximum Gasteiger partial charge on any atom is 0.274 e. The molecule has 154 valence electrons. The Labute approximate surface area is 174 Å². The number of aromatic nitrogens is 1. The van der Waals surface area contributed by atoms with Crippen LogP contribution in [0.25, 0.3) is 0 Å². The van der Waals surface area contributed by atoms with E-state index in [0.717, 1.165) is 43.5 Å². The summed E-state index contributed by atoms with van der Waals surface area (Å²) in [6, 6.07) is 12.1. The van der Waals surface area contributed by atoms with Crippen molar-refractivity contribution in [2.75, 3.05) is 41.3 Å². The molecule has 29 heavy (non-hydrogen) atoms. The predicted octanol–water partition coefficient (Wildman–Crippen LogP) is 4.81. The highest BCUT2D eigenvalue weighted by molar-refractivity contribution is 6.03. The van der Waals surface area contributed by atoms with E-state index in [2.05, 4.69) is 46.1 Å². The summed E-state index contributed by atoms with van der Waals surface area (Å²) in [5.41, 5.74) is 3.60. The molecule has 1 atom stereocenters. The number of hydrogen-bond donors (Lipinski definition) is 1. The first kappa shape index (κ1) is 19.7. The fourth-order valence-electron chi connectivity index (χ4n) is 4.38. The van der Waals surface area contributed by atoms with Crippen LogP contribution in [0.3, 0.4) is 0 Å². The summed E-state index contributed by atoms with van der Waals surface area (Å²) in [5, 5.41) is 3.00. The third-order valence-electron chi connectivity index (χ3n) is 6.27. The second kappa shape index (κ2) is 8.85. The van der Waals surface area contributed by atoms with Gasteiger partial charge in [0.2, 0.25) is 0 Å². The number of benzene rings is 1. The molecule has 5 heteroatoms. The van der Waals surface area contributed by atoms with Gasteiger partial charge in [0.15, 0.2) is 0 Å².